The number of rotatable bonds is 5. The van der Waals surface area contributed by atoms with Crippen LogP contribution in [0.4, 0.5) is 0 Å². The topological polar surface area (TPSA) is 46.5 Å². The monoisotopic (exact) mass is 342 g/mol. The van der Waals surface area contributed by atoms with Crippen molar-refractivity contribution in [3.63, 3.8) is 0 Å². The van der Waals surface area contributed by atoms with E-state index < -0.39 is 5.97 Å². The molecule has 1 heterocycles. The second kappa shape index (κ2) is 6.86. The number of hydrogen-bond donors (Lipinski definition) is 1. The van der Waals surface area contributed by atoms with E-state index in [1.807, 2.05) is 12.1 Å². The van der Waals surface area contributed by atoms with Crippen LogP contribution in [0.5, 0.6) is 5.75 Å². The first-order valence-electron chi connectivity index (χ1n) is 9.60. The molecule has 0 spiro atoms. The van der Waals surface area contributed by atoms with E-state index in [1.165, 1.54) is 5.57 Å². The number of unbranched alkanes of at least 4 members (excludes halogenated alkanes) is 2. The first kappa shape index (κ1) is 18.0. The average molecular weight is 342 g/mol. The second-order valence-electron chi connectivity index (χ2n) is 8.20. The molecule has 0 fully saturated rings. The zero-order valence-electron chi connectivity index (χ0n) is 15.9. The van der Waals surface area contributed by atoms with E-state index >= 15 is 0 Å². The third-order valence-electron chi connectivity index (χ3n) is 5.89. The molecule has 0 radical (unpaired) electrons. The van der Waals surface area contributed by atoms with Gasteiger partial charge in [0.05, 0.1) is 5.56 Å². The van der Waals surface area contributed by atoms with E-state index in [9.17, 15) is 9.90 Å². The van der Waals surface area contributed by atoms with E-state index in [1.54, 1.807) is 0 Å². The van der Waals surface area contributed by atoms with E-state index in [-0.39, 0.29) is 11.5 Å². The van der Waals surface area contributed by atoms with Gasteiger partial charge in [-0.25, -0.2) is 4.79 Å². The van der Waals surface area contributed by atoms with Gasteiger partial charge in [0, 0.05) is 17.4 Å². The van der Waals surface area contributed by atoms with Crippen LogP contribution in [0.1, 0.15) is 87.2 Å². The van der Waals surface area contributed by atoms with Gasteiger partial charge in [-0.1, -0.05) is 31.4 Å². The number of carboxylic acid groups (broad SMARTS) is 1. The molecule has 0 saturated carbocycles. The predicted octanol–water partition coefficient (Wildman–Crippen LogP) is 5.73. The van der Waals surface area contributed by atoms with Crippen molar-refractivity contribution in [1.82, 2.24) is 0 Å². The molecule has 136 valence electrons. The summed E-state index contributed by atoms with van der Waals surface area (Å²) in [4.78, 5) is 11.8. The maximum Gasteiger partial charge on any atom is 0.335 e. The van der Waals surface area contributed by atoms with E-state index in [4.69, 9.17) is 4.74 Å². The Balaban J connectivity index is 2.07. The minimum atomic E-state index is -0.827. The lowest BCUT2D eigenvalue weighted by Gasteiger charge is -2.46. The van der Waals surface area contributed by atoms with Gasteiger partial charge in [-0.3, -0.25) is 0 Å². The Bertz CT molecular complexity index is 699. The van der Waals surface area contributed by atoms with Crippen LogP contribution in [0.2, 0.25) is 0 Å². The number of carboxylic acids is 1. The fourth-order valence-corrected chi connectivity index (χ4v) is 4.47. The van der Waals surface area contributed by atoms with Gasteiger partial charge in [0.25, 0.3) is 0 Å². The van der Waals surface area contributed by atoms with E-state index in [0.29, 0.717) is 11.5 Å². The summed E-state index contributed by atoms with van der Waals surface area (Å²) in [6, 6.07) is 3.89. The van der Waals surface area contributed by atoms with Gasteiger partial charge in [-0.05, 0) is 64.2 Å². The summed E-state index contributed by atoms with van der Waals surface area (Å²) in [5.74, 6) is 0.715. The van der Waals surface area contributed by atoms with Crippen LogP contribution in [0, 0.1) is 5.92 Å². The maximum atomic E-state index is 11.8. The largest absolute Gasteiger partial charge is 0.487 e. The van der Waals surface area contributed by atoms with Crippen molar-refractivity contribution in [2.75, 3.05) is 0 Å². The summed E-state index contributed by atoms with van der Waals surface area (Å²) >= 11 is 0. The third-order valence-corrected chi connectivity index (χ3v) is 5.89. The van der Waals surface area contributed by atoms with Gasteiger partial charge in [-0.2, -0.15) is 0 Å². The number of aryl methyl sites for hydroxylation is 1. The van der Waals surface area contributed by atoms with Gasteiger partial charge in [0.1, 0.15) is 11.4 Å². The van der Waals surface area contributed by atoms with Crippen molar-refractivity contribution in [3.05, 3.63) is 40.5 Å². The summed E-state index contributed by atoms with van der Waals surface area (Å²) in [5.41, 5.74) is 3.59. The number of hydrogen-bond acceptors (Lipinski definition) is 2. The van der Waals surface area contributed by atoms with Crippen molar-refractivity contribution in [1.29, 1.82) is 0 Å². The van der Waals surface area contributed by atoms with Crippen LogP contribution in [0.25, 0.3) is 0 Å². The molecule has 2 aliphatic rings. The van der Waals surface area contributed by atoms with Gasteiger partial charge < -0.3 is 9.84 Å². The third kappa shape index (κ3) is 3.47. The van der Waals surface area contributed by atoms with Crippen LogP contribution >= 0.6 is 0 Å². The Labute approximate surface area is 151 Å². The molecular formula is C22H30O3. The van der Waals surface area contributed by atoms with Crippen molar-refractivity contribution in [2.45, 2.75) is 77.7 Å². The molecule has 0 aromatic heterocycles. The quantitative estimate of drug-likeness (QED) is 0.549. The molecular weight excluding hydrogens is 312 g/mol. The van der Waals surface area contributed by atoms with Crippen molar-refractivity contribution < 1.29 is 14.6 Å². The van der Waals surface area contributed by atoms with Crippen LogP contribution in [-0.4, -0.2) is 16.7 Å². The molecule has 0 unspecified atom stereocenters. The standard InChI is InChI=1S/C22H30O3/c1-5-6-7-8-15-12-20-18(13-16(15)21(23)24)17-11-14(2)9-10-19(17)22(3,4)25-20/h11-13,17,19H,5-10H2,1-4H3,(H,23,24)/t17-,19+/m0/s1. The van der Waals surface area contributed by atoms with Gasteiger partial charge >= 0.3 is 5.97 Å². The Morgan fingerprint density at radius 1 is 1.32 bits per heavy atom. The highest BCUT2D eigenvalue weighted by Gasteiger charge is 2.44. The normalized spacial score (nSPS) is 23.9. The molecule has 0 amide bonds. The molecule has 1 aromatic carbocycles. The zero-order valence-corrected chi connectivity index (χ0v) is 15.9. The molecule has 25 heavy (non-hydrogen) atoms. The van der Waals surface area contributed by atoms with E-state index in [0.717, 1.165) is 55.4 Å². The van der Waals surface area contributed by atoms with Crippen LogP contribution < -0.4 is 4.74 Å². The summed E-state index contributed by atoms with van der Waals surface area (Å²) < 4.78 is 6.38. The SMILES string of the molecule is CCCCCc1cc2c(cc1C(=O)O)[C@@H]1C=C(C)CC[C@H]1C(C)(C)O2. The lowest BCUT2D eigenvalue weighted by molar-refractivity contribution is 0.0115. The zero-order chi connectivity index (χ0) is 18.2. The lowest BCUT2D eigenvalue weighted by Crippen LogP contribution is -2.45. The number of allylic oxidation sites excluding steroid dienone is 2. The number of fused-ring (bicyclic) bond motifs is 3. The van der Waals surface area contributed by atoms with Crippen molar-refractivity contribution in [3.8, 4) is 5.75 Å². The summed E-state index contributed by atoms with van der Waals surface area (Å²) in [7, 11) is 0. The molecule has 1 aromatic rings. The molecule has 3 heteroatoms. The molecule has 1 aliphatic carbocycles. The minimum absolute atomic E-state index is 0.222. The van der Waals surface area contributed by atoms with Gasteiger partial charge in [0.2, 0.25) is 0 Å². The molecule has 0 saturated heterocycles. The molecule has 1 N–H and O–H groups in total. The van der Waals surface area contributed by atoms with Gasteiger partial charge in [0.15, 0.2) is 0 Å². The van der Waals surface area contributed by atoms with Crippen molar-refractivity contribution in [2.24, 2.45) is 5.92 Å². The highest BCUT2D eigenvalue weighted by atomic mass is 16.5. The minimum Gasteiger partial charge on any atom is -0.487 e. The average Bonchev–Trinajstić information content (AvgIpc) is 2.53. The summed E-state index contributed by atoms with van der Waals surface area (Å²) in [6.45, 7) is 8.68. The number of carbonyl (C=O) groups is 1. The van der Waals surface area contributed by atoms with Crippen LogP contribution in [-0.2, 0) is 6.42 Å². The number of aromatic carboxylic acids is 1. The predicted molar refractivity (Wildman–Crippen MR) is 101 cm³/mol. The summed E-state index contributed by atoms with van der Waals surface area (Å²) in [5, 5.41) is 9.72. The first-order valence-corrected chi connectivity index (χ1v) is 9.60. The fourth-order valence-electron chi connectivity index (χ4n) is 4.47. The highest BCUT2D eigenvalue weighted by molar-refractivity contribution is 5.90. The first-order chi connectivity index (χ1) is 11.8. The number of benzene rings is 1. The molecule has 3 nitrogen and oxygen atoms in total. The smallest absolute Gasteiger partial charge is 0.335 e. The molecule has 1 aliphatic heterocycles. The van der Waals surface area contributed by atoms with E-state index in [2.05, 4.69) is 33.8 Å². The number of ether oxygens (including phenoxy) is 1. The highest BCUT2D eigenvalue weighted by Crippen LogP contribution is 2.51. The molecule has 3 rings (SSSR count). The maximum absolute atomic E-state index is 11.8. The Kier molecular flexibility index (Phi) is 4.95. The van der Waals surface area contributed by atoms with Crippen LogP contribution in [0.3, 0.4) is 0 Å². The Hall–Kier alpha value is -1.77. The van der Waals surface area contributed by atoms with Crippen LogP contribution in [0.15, 0.2) is 23.8 Å². The summed E-state index contributed by atoms with van der Waals surface area (Å²) in [6.07, 6.45) is 8.60. The Morgan fingerprint density at radius 3 is 2.76 bits per heavy atom. The van der Waals surface area contributed by atoms with Crippen molar-refractivity contribution >= 4 is 5.97 Å². The molecule has 0 bridgehead atoms. The lowest BCUT2D eigenvalue weighted by atomic mass is 9.68. The van der Waals surface area contributed by atoms with Gasteiger partial charge in [-0.15, -0.1) is 0 Å². The molecule has 2 atom stereocenters. The Morgan fingerprint density at radius 2 is 2.08 bits per heavy atom. The fraction of sp³-hybridized carbons (Fsp3) is 0.591. The second-order valence-corrected chi connectivity index (χ2v) is 8.20.